The van der Waals surface area contributed by atoms with Crippen molar-refractivity contribution < 1.29 is 18.0 Å². The molecule has 3 rings (SSSR count). The maximum absolute atomic E-state index is 12.6. The third kappa shape index (κ3) is 3.68. The lowest BCUT2D eigenvalue weighted by Crippen LogP contribution is -2.31. The third-order valence-corrected chi connectivity index (χ3v) is 5.77. The molecule has 1 aliphatic heterocycles. The predicted octanol–water partition coefficient (Wildman–Crippen LogP) is 1.34. The van der Waals surface area contributed by atoms with Gasteiger partial charge in [0.05, 0.1) is 15.8 Å². The molecular formula is C16H15N3O4S2. The van der Waals surface area contributed by atoms with E-state index in [0.29, 0.717) is 11.4 Å². The molecule has 0 bridgehead atoms. The van der Waals surface area contributed by atoms with Crippen LogP contribution in [0.5, 0.6) is 0 Å². The molecular weight excluding hydrogens is 362 g/mol. The number of primary sulfonamides is 1. The first-order valence-corrected chi connectivity index (χ1v) is 9.70. The first-order valence-electron chi connectivity index (χ1n) is 7.27. The van der Waals surface area contributed by atoms with E-state index in [0.717, 1.165) is 9.80 Å². The Morgan fingerprint density at radius 1 is 1.08 bits per heavy atom. The molecule has 0 saturated carbocycles. The van der Waals surface area contributed by atoms with E-state index in [1.54, 1.807) is 18.2 Å². The van der Waals surface area contributed by atoms with Gasteiger partial charge in [0.15, 0.2) is 0 Å². The fraction of sp³-hybridized carbons (Fsp3) is 0.125. The Morgan fingerprint density at radius 3 is 2.36 bits per heavy atom. The van der Waals surface area contributed by atoms with Gasteiger partial charge in [0.25, 0.3) is 0 Å². The van der Waals surface area contributed by atoms with Crippen LogP contribution < -0.4 is 15.8 Å². The molecule has 2 aromatic rings. The van der Waals surface area contributed by atoms with Crippen LogP contribution in [-0.4, -0.2) is 25.5 Å². The molecule has 0 aromatic heterocycles. The zero-order chi connectivity index (χ0) is 18.2. The summed E-state index contributed by atoms with van der Waals surface area (Å²) in [5.74, 6) is -0.685. The number of thioether (sulfide) groups is 1. The van der Waals surface area contributed by atoms with E-state index in [4.69, 9.17) is 10.9 Å². The highest BCUT2D eigenvalue weighted by Crippen LogP contribution is 2.34. The van der Waals surface area contributed by atoms with Gasteiger partial charge in [-0.15, -0.1) is 11.8 Å². The van der Waals surface area contributed by atoms with Crippen molar-refractivity contribution in [3.8, 4) is 0 Å². The average molecular weight is 377 g/mol. The molecule has 1 saturated heterocycles. The van der Waals surface area contributed by atoms with Crippen molar-refractivity contribution in [2.45, 2.75) is 21.5 Å². The molecule has 1 fully saturated rings. The monoisotopic (exact) mass is 377 g/mol. The van der Waals surface area contributed by atoms with Crippen molar-refractivity contribution in [3.63, 3.8) is 0 Å². The number of anilines is 2. The number of carbonyl (C=O) groups is 2. The van der Waals surface area contributed by atoms with Gasteiger partial charge in [-0.05, 0) is 42.5 Å². The number of amides is 2. The Bertz CT molecular complexity index is 942. The molecule has 9 heteroatoms. The minimum absolute atomic E-state index is 0.0647. The summed E-state index contributed by atoms with van der Waals surface area (Å²) in [6.45, 7) is 0. The molecule has 1 unspecified atom stereocenters. The van der Waals surface area contributed by atoms with Gasteiger partial charge < -0.3 is 5.73 Å². The zero-order valence-electron chi connectivity index (χ0n) is 13.0. The molecule has 0 aliphatic carbocycles. The summed E-state index contributed by atoms with van der Waals surface area (Å²) in [5.41, 5.74) is 6.63. The summed E-state index contributed by atoms with van der Waals surface area (Å²) in [6.07, 6.45) is 0.0647. The topological polar surface area (TPSA) is 124 Å². The number of nitrogen functional groups attached to an aromatic ring is 1. The smallest absolute Gasteiger partial charge is 0.247 e. The lowest BCUT2D eigenvalue weighted by molar-refractivity contribution is -0.121. The molecule has 4 N–H and O–H groups in total. The van der Waals surface area contributed by atoms with Crippen molar-refractivity contribution in [2.24, 2.45) is 5.14 Å². The normalized spacial score (nSPS) is 18.0. The summed E-state index contributed by atoms with van der Waals surface area (Å²) in [4.78, 5) is 26.6. The molecule has 2 aromatic carbocycles. The lowest BCUT2D eigenvalue weighted by atomic mass is 10.3. The number of benzene rings is 2. The van der Waals surface area contributed by atoms with Crippen molar-refractivity contribution in [1.29, 1.82) is 0 Å². The average Bonchev–Trinajstić information content (AvgIpc) is 2.81. The first kappa shape index (κ1) is 17.5. The van der Waals surface area contributed by atoms with E-state index >= 15 is 0 Å². The van der Waals surface area contributed by atoms with Gasteiger partial charge >= 0.3 is 0 Å². The minimum atomic E-state index is -3.83. The number of carbonyl (C=O) groups excluding carboxylic acids is 2. The predicted molar refractivity (Wildman–Crippen MR) is 95.4 cm³/mol. The van der Waals surface area contributed by atoms with E-state index in [1.165, 1.54) is 36.0 Å². The Morgan fingerprint density at radius 2 is 1.76 bits per heavy atom. The highest BCUT2D eigenvalue weighted by atomic mass is 32.2. The number of sulfonamides is 1. The maximum atomic E-state index is 12.6. The highest BCUT2D eigenvalue weighted by Gasteiger charge is 2.40. The van der Waals surface area contributed by atoms with Crippen LogP contribution in [0.2, 0.25) is 0 Å². The first-order chi connectivity index (χ1) is 11.8. The zero-order valence-corrected chi connectivity index (χ0v) is 14.6. The van der Waals surface area contributed by atoms with Gasteiger partial charge in [-0.1, -0.05) is 6.07 Å². The van der Waals surface area contributed by atoms with Crippen LogP contribution in [0.3, 0.4) is 0 Å². The summed E-state index contributed by atoms with van der Waals surface area (Å²) >= 11 is 1.28. The Kier molecular flexibility index (Phi) is 4.55. The van der Waals surface area contributed by atoms with Gasteiger partial charge in [-0.3, -0.25) is 9.59 Å². The highest BCUT2D eigenvalue weighted by molar-refractivity contribution is 8.00. The van der Waals surface area contributed by atoms with E-state index in [2.05, 4.69) is 0 Å². The quantitative estimate of drug-likeness (QED) is 0.612. The number of hydrogen-bond donors (Lipinski definition) is 2. The number of imide groups is 1. The SMILES string of the molecule is Nc1cccc(SC2CC(=O)N(c3ccc(S(N)(=O)=O)cc3)C2=O)c1. The van der Waals surface area contributed by atoms with E-state index in [1.807, 2.05) is 6.07 Å². The fourth-order valence-corrected chi connectivity index (χ4v) is 4.14. The van der Waals surface area contributed by atoms with Gasteiger partial charge in [-0.2, -0.15) is 0 Å². The lowest BCUT2D eigenvalue weighted by Gasteiger charge is -2.15. The fourth-order valence-electron chi connectivity index (χ4n) is 2.50. The van der Waals surface area contributed by atoms with Gasteiger partial charge in [0.1, 0.15) is 0 Å². The number of rotatable bonds is 4. The van der Waals surface area contributed by atoms with E-state index in [9.17, 15) is 18.0 Å². The van der Waals surface area contributed by atoms with E-state index < -0.39 is 15.3 Å². The summed E-state index contributed by atoms with van der Waals surface area (Å²) in [6, 6.07) is 12.4. The molecule has 1 heterocycles. The van der Waals surface area contributed by atoms with Gasteiger partial charge in [0.2, 0.25) is 21.8 Å². The van der Waals surface area contributed by atoms with Gasteiger partial charge in [0, 0.05) is 17.0 Å². The molecule has 2 amide bonds. The van der Waals surface area contributed by atoms with Crippen LogP contribution in [0.15, 0.2) is 58.3 Å². The largest absolute Gasteiger partial charge is 0.399 e. The van der Waals surface area contributed by atoms with Gasteiger partial charge in [-0.25, -0.2) is 18.5 Å². The van der Waals surface area contributed by atoms with Crippen LogP contribution in [0, 0.1) is 0 Å². The summed E-state index contributed by atoms with van der Waals surface area (Å²) in [5, 5.41) is 4.50. The van der Waals surface area contributed by atoms with Crippen LogP contribution in [0.4, 0.5) is 11.4 Å². The van der Waals surface area contributed by atoms with Crippen LogP contribution in [0.25, 0.3) is 0 Å². The van der Waals surface area contributed by atoms with Crippen LogP contribution >= 0.6 is 11.8 Å². The van der Waals surface area contributed by atoms with E-state index in [-0.39, 0.29) is 23.1 Å². The molecule has 1 aliphatic rings. The summed E-state index contributed by atoms with van der Waals surface area (Å²) in [7, 11) is -3.83. The Hall–Kier alpha value is -2.36. The second-order valence-electron chi connectivity index (χ2n) is 5.49. The number of nitrogens with zero attached hydrogens (tertiary/aromatic N) is 1. The van der Waals surface area contributed by atoms with Crippen molar-refractivity contribution in [3.05, 3.63) is 48.5 Å². The summed E-state index contributed by atoms with van der Waals surface area (Å²) < 4.78 is 22.6. The number of nitrogens with two attached hydrogens (primary N) is 2. The molecule has 130 valence electrons. The molecule has 0 radical (unpaired) electrons. The maximum Gasteiger partial charge on any atom is 0.247 e. The molecule has 0 spiro atoms. The standard InChI is InChI=1S/C16H15N3O4S2/c17-10-2-1-3-12(8-10)24-14-9-15(20)19(16(14)21)11-4-6-13(7-5-11)25(18,22)23/h1-8,14H,9,17H2,(H2,18,22,23). The Labute approximate surface area is 149 Å². The van der Waals surface area contributed by atoms with Crippen molar-refractivity contribution >= 4 is 45.0 Å². The Balaban J connectivity index is 1.81. The second kappa shape index (κ2) is 6.51. The minimum Gasteiger partial charge on any atom is -0.399 e. The number of hydrogen-bond acceptors (Lipinski definition) is 6. The molecule has 1 atom stereocenters. The molecule has 7 nitrogen and oxygen atoms in total. The van der Waals surface area contributed by atoms with Crippen molar-refractivity contribution in [1.82, 2.24) is 0 Å². The molecule has 25 heavy (non-hydrogen) atoms. The van der Waals surface area contributed by atoms with Crippen molar-refractivity contribution in [2.75, 3.05) is 10.6 Å². The second-order valence-corrected chi connectivity index (χ2v) is 8.33. The van der Waals surface area contributed by atoms with Crippen LogP contribution in [-0.2, 0) is 19.6 Å². The third-order valence-electron chi connectivity index (χ3n) is 3.67. The van der Waals surface area contributed by atoms with Crippen LogP contribution in [0.1, 0.15) is 6.42 Å².